The van der Waals surface area contributed by atoms with Gasteiger partial charge in [-0.05, 0) is 64.9 Å². The molecular formula is C18H32O2. The van der Waals surface area contributed by atoms with Gasteiger partial charge in [-0.15, -0.1) is 0 Å². The summed E-state index contributed by atoms with van der Waals surface area (Å²) in [5.74, 6) is 0.687. The van der Waals surface area contributed by atoms with Gasteiger partial charge < -0.3 is 5.11 Å². The molecule has 0 aromatic heterocycles. The second kappa shape index (κ2) is 10.8. The molecule has 0 saturated heterocycles. The van der Waals surface area contributed by atoms with E-state index in [0.29, 0.717) is 12.3 Å². The number of carbonyl (C=O) groups is 1. The molecule has 0 saturated carbocycles. The van der Waals surface area contributed by atoms with Crippen molar-refractivity contribution in [2.75, 3.05) is 0 Å². The van der Waals surface area contributed by atoms with Crippen LogP contribution in [-0.2, 0) is 4.79 Å². The van der Waals surface area contributed by atoms with Crippen LogP contribution in [0.3, 0.4) is 0 Å². The van der Waals surface area contributed by atoms with Gasteiger partial charge in [-0.3, -0.25) is 4.79 Å². The molecule has 2 heteroatoms. The van der Waals surface area contributed by atoms with Gasteiger partial charge >= 0.3 is 0 Å². The fourth-order valence-electron chi connectivity index (χ4n) is 2.13. The van der Waals surface area contributed by atoms with Crippen LogP contribution in [0.25, 0.3) is 0 Å². The summed E-state index contributed by atoms with van der Waals surface area (Å²) in [6.07, 6.45) is 9.41. The van der Waals surface area contributed by atoms with Gasteiger partial charge in [-0.1, -0.05) is 31.1 Å². The quantitative estimate of drug-likeness (QED) is 0.460. The van der Waals surface area contributed by atoms with Crippen molar-refractivity contribution in [3.8, 4) is 0 Å². The molecule has 0 aliphatic rings. The summed E-state index contributed by atoms with van der Waals surface area (Å²) in [5.41, 5.74) is 2.57. The van der Waals surface area contributed by atoms with Gasteiger partial charge in [-0.2, -0.15) is 0 Å². The lowest BCUT2D eigenvalue weighted by Gasteiger charge is -2.05. The van der Waals surface area contributed by atoms with Crippen LogP contribution >= 0.6 is 0 Å². The fraction of sp³-hybridized carbons (Fsp3) is 0.722. The van der Waals surface area contributed by atoms with Crippen molar-refractivity contribution >= 4 is 5.78 Å². The SMILES string of the molecule is C/C(=C\CC[C@H](C)O)CCC/C(C)=C/C(=O)CC(C)C. The molecule has 1 atom stereocenters. The zero-order chi connectivity index (χ0) is 15.5. The Balaban J connectivity index is 3.93. The number of ketones is 1. The van der Waals surface area contributed by atoms with Crippen molar-refractivity contribution in [1.29, 1.82) is 0 Å². The first kappa shape index (κ1) is 19.1. The first-order chi connectivity index (χ1) is 9.31. The van der Waals surface area contributed by atoms with Gasteiger partial charge in [0.2, 0.25) is 0 Å². The summed E-state index contributed by atoms with van der Waals surface area (Å²) in [6, 6.07) is 0. The Labute approximate surface area is 125 Å². The van der Waals surface area contributed by atoms with Crippen molar-refractivity contribution in [3.63, 3.8) is 0 Å². The Morgan fingerprint density at radius 2 is 1.70 bits per heavy atom. The normalized spacial score (nSPS) is 14.8. The maximum Gasteiger partial charge on any atom is 0.155 e. The average molecular weight is 280 g/mol. The van der Waals surface area contributed by atoms with E-state index in [-0.39, 0.29) is 11.9 Å². The smallest absolute Gasteiger partial charge is 0.155 e. The van der Waals surface area contributed by atoms with Crippen LogP contribution in [0.1, 0.15) is 73.1 Å². The Hall–Kier alpha value is -0.890. The predicted octanol–water partition coefficient (Wildman–Crippen LogP) is 4.83. The molecule has 0 aromatic rings. The third kappa shape index (κ3) is 12.2. The summed E-state index contributed by atoms with van der Waals surface area (Å²) in [6.45, 7) is 10.2. The summed E-state index contributed by atoms with van der Waals surface area (Å²) in [7, 11) is 0. The molecule has 116 valence electrons. The van der Waals surface area contributed by atoms with E-state index < -0.39 is 0 Å². The monoisotopic (exact) mass is 280 g/mol. The summed E-state index contributed by atoms with van der Waals surface area (Å²) in [4.78, 5) is 11.7. The molecular weight excluding hydrogens is 248 g/mol. The van der Waals surface area contributed by atoms with Crippen LogP contribution in [0.4, 0.5) is 0 Å². The largest absolute Gasteiger partial charge is 0.393 e. The Bertz CT molecular complexity index is 335. The Morgan fingerprint density at radius 3 is 2.25 bits per heavy atom. The highest BCUT2D eigenvalue weighted by Crippen LogP contribution is 2.14. The predicted molar refractivity (Wildman–Crippen MR) is 86.7 cm³/mol. The van der Waals surface area contributed by atoms with Gasteiger partial charge in [0.05, 0.1) is 6.10 Å². The molecule has 0 amide bonds. The van der Waals surface area contributed by atoms with Gasteiger partial charge in [0.1, 0.15) is 0 Å². The number of hydrogen-bond donors (Lipinski definition) is 1. The maximum atomic E-state index is 11.7. The molecule has 0 heterocycles. The molecule has 0 spiro atoms. The van der Waals surface area contributed by atoms with Crippen LogP contribution < -0.4 is 0 Å². The zero-order valence-corrected chi connectivity index (χ0v) is 13.9. The van der Waals surface area contributed by atoms with E-state index in [0.717, 1.165) is 32.1 Å². The van der Waals surface area contributed by atoms with E-state index in [9.17, 15) is 9.90 Å². The number of hydrogen-bond acceptors (Lipinski definition) is 2. The standard InChI is InChI=1S/C18H32O2/c1-14(2)12-18(20)13-16(4)10-6-8-15(3)9-7-11-17(5)19/h9,13-14,17,19H,6-8,10-12H2,1-5H3/b15-9+,16-13+/t17-/m0/s1. The second-order valence-electron chi connectivity index (χ2n) is 6.39. The highest BCUT2D eigenvalue weighted by molar-refractivity contribution is 5.90. The van der Waals surface area contributed by atoms with E-state index in [4.69, 9.17) is 0 Å². The van der Waals surface area contributed by atoms with Crippen molar-refractivity contribution < 1.29 is 9.90 Å². The van der Waals surface area contributed by atoms with Gasteiger partial charge in [-0.25, -0.2) is 0 Å². The first-order valence-electron chi connectivity index (χ1n) is 7.85. The fourth-order valence-corrected chi connectivity index (χ4v) is 2.13. The molecule has 0 aromatic carbocycles. The van der Waals surface area contributed by atoms with Crippen molar-refractivity contribution in [1.82, 2.24) is 0 Å². The summed E-state index contributed by atoms with van der Waals surface area (Å²) < 4.78 is 0. The lowest BCUT2D eigenvalue weighted by atomic mass is 10.0. The van der Waals surface area contributed by atoms with Crippen LogP contribution in [0.5, 0.6) is 0 Å². The second-order valence-corrected chi connectivity index (χ2v) is 6.39. The number of rotatable bonds is 10. The molecule has 0 aliphatic carbocycles. The van der Waals surface area contributed by atoms with Crippen molar-refractivity contribution in [3.05, 3.63) is 23.3 Å². The lowest BCUT2D eigenvalue weighted by Crippen LogP contribution is -1.99. The Morgan fingerprint density at radius 1 is 1.10 bits per heavy atom. The lowest BCUT2D eigenvalue weighted by molar-refractivity contribution is -0.115. The van der Waals surface area contributed by atoms with Gasteiger partial charge in [0.15, 0.2) is 5.78 Å². The average Bonchev–Trinajstić information content (AvgIpc) is 2.26. The highest BCUT2D eigenvalue weighted by Gasteiger charge is 2.02. The molecule has 0 radical (unpaired) electrons. The Kier molecular flexibility index (Phi) is 10.4. The van der Waals surface area contributed by atoms with E-state index >= 15 is 0 Å². The topological polar surface area (TPSA) is 37.3 Å². The van der Waals surface area contributed by atoms with E-state index in [1.807, 2.05) is 19.9 Å². The summed E-state index contributed by atoms with van der Waals surface area (Å²) in [5, 5.41) is 9.19. The van der Waals surface area contributed by atoms with Gasteiger partial charge in [0.25, 0.3) is 0 Å². The molecule has 0 unspecified atom stereocenters. The molecule has 0 rings (SSSR count). The highest BCUT2D eigenvalue weighted by atomic mass is 16.3. The minimum Gasteiger partial charge on any atom is -0.393 e. The van der Waals surface area contributed by atoms with Gasteiger partial charge in [0, 0.05) is 6.42 Å². The molecule has 0 bridgehead atoms. The molecule has 2 nitrogen and oxygen atoms in total. The molecule has 0 fully saturated rings. The third-order valence-corrected chi connectivity index (χ3v) is 3.24. The minimum absolute atomic E-state index is 0.212. The number of carbonyl (C=O) groups excluding carboxylic acids is 1. The zero-order valence-electron chi connectivity index (χ0n) is 13.9. The molecule has 20 heavy (non-hydrogen) atoms. The summed E-state index contributed by atoms with van der Waals surface area (Å²) >= 11 is 0. The van der Waals surface area contributed by atoms with Crippen molar-refractivity contribution in [2.24, 2.45) is 5.92 Å². The van der Waals surface area contributed by atoms with E-state index in [2.05, 4.69) is 26.8 Å². The van der Waals surface area contributed by atoms with Crippen LogP contribution in [0, 0.1) is 5.92 Å². The molecule has 0 aliphatic heterocycles. The number of allylic oxidation sites excluding steroid dienone is 4. The van der Waals surface area contributed by atoms with Crippen molar-refractivity contribution in [2.45, 2.75) is 79.2 Å². The minimum atomic E-state index is -0.212. The molecule has 1 N–H and O–H groups in total. The van der Waals surface area contributed by atoms with Crippen LogP contribution in [0.15, 0.2) is 23.3 Å². The van der Waals surface area contributed by atoms with Crippen LogP contribution in [-0.4, -0.2) is 17.0 Å². The van der Waals surface area contributed by atoms with Crippen LogP contribution in [0.2, 0.25) is 0 Å². The van der Waals surface area contributed by atoms with E-state index in [1.165, 1.54) is 11.1 Å². The third-order valence-electron chi connectivity index (χ3n) is 3.24. The van der Waals surface area contributed by atoms with E-state index in [1.54, 1.807) is 0 Å². The number of aliphatic hydroxyl groups is 1. The maximum absolute atomic E-state index is 11.7. The first-order valence-corrected chi connectivity index (χ1v) is 7.85. The number of aliphatic hydroxyl groups excluding tert-OH is 1.